The standard InChI is InChI=1S/C10H8F4N2/c1-4(2)16-10-8(13)6(11)5(3-15)7(12)9(10)14/h4,16H,1-2H3. The van der Waals surface area contributed by atoms with Crippen LogP contribution in [0.5, 0.6) is 0 Å². The molecule has 0 aliphatic carbocycles. The first kappa shape index (κ1) is 12.3. The first-order valence-corrected chi connectivity index (χ1v) is 4.42. The summed E-state index contributed by atoms with van der Waals surface area (Å²) < 4.78 is 52.7. The third-order valence-electron chi connectivity index (χ3n) is 1.81. The molecule has 1 rings (SSSR count). The summed E-state index contributed by atoms with van der Waals surface area (Å²) >= 11 is 0. The highest BCUT2D eigenvalue weighted by molar-refractivity contribution is 5.52. The molecule has 86 valence electrons. The maximum Gasteiger partial charge on any atom is 0.186 e. The monoisotopic (exact) mass is 232 g/mol. The lowest BCUT2D eigenvalue weighted by atomic mass is 10.1. The van der Waals surface area contributed by atoms with Crippen LogP contribution in [0.1, 0.15) is 19.4 Å². The van der Waals surface area contributed by atoms with Crippen LogP contribution in [0.25, 0.3) is 0 Å². The Morgan fingerprint density at radius 1 is 1.00 bits per heavy atom. The van der Waals surface area contributed by atoms with E-state index in [2.05, 4.69) is 5.32 Å². The second-order valence-electron chi connectivity index (χ2n) is 3.42. The molecule has 0 heterocycles. The summed E-state index contributed by atoms with van der Waals surface area (Å²) in [6, 6.07) is 0.661. The second-order valence-corrected chi connectivity index (χ2v) is 3.42. The predicted octanol–water partition coefficient (Wildman–Crippen LogP) is 2.93. The normalized spacial score (nSPS) is 10.4. The molecule has 0 amide bonds. The van der Waals surface area contributed by atoms with Crippen molar-refractivity contribution in [2.45, 2.75) is 19.9 Å². The molecular weight excluding hydrogens is 224 g/mol. The van der Waals surface area contributed by atoms with Gasteiger partial charge in [-0.1, -0.05) is 0 Å². The number of halogens is 4. The highest BCUT2D eigenvalue weighted by Crippen LogP contribution is 2.27. The van der Waals surface area contributed by atoms with E-state index in [0.717, 1.165) is 6.07 Å². The molecule has 0 aromatic heterocycles. The van der Waals surface area contributed by atoms with Crippen LogP contribution in [0.15, 0.2) is 0 Å². The largest absolute Gasteiger partial charge is 0.378 e. The number of hydrogen-bond donors (Lipinski definition) is 1. The molecule has 6 heteroatoms. The topological polar surface area (TPSA) is 35.8 Å². The summed E-state index contributed by atoms with van der Waals surface area (Å²) in [4.78, 5) is 0. The van der Waals surface area contributed by atoms with Gasteiger partial charge in [0, 0.05) is 6.04 Å². The molecule has 16 heavy (non-hydrogen) atoms. The zero-order valence-electron chi connectivity index (χ0n) is 8.54. The van der Waals surface area contributed by atoms with Crippen molar-refractivity contribution in [3.8, 4) is 6.07 Å². The minimum Gasteiger partial charge on any atom is -0.378 e. The van der Waals surface area contributed by atoms with Gasteiger partial charge in [0.2, 0.25) is 0 Å². The van der Waals surface area contributed by atoms with E-state index in [9.17, 15) is 17.6 Å². The number of hydrogen-bond acceptors (Lipinski definition) is 2. The number of nitrogens with one attached hydrogen (secondary N) is 1. The molecule has 0 spiro atoms. The van der Waals surface area contributed by atoms with Crippen molar-refractivity contribution >= 4 is 5.69 Å². The molecule has 0 aliphatic heterocycles. The van der Waals surface area contributed by atoms with E-state index in [1.807, 2.05) is 0 Å². The van der Waals surface area contributed by atoms with Gasteiger partial charge in [-0.3, -0.25) is 0 Å². The molecule has 0 aliphatic rings. The Labute approximate surface area is 89.5 Å². The van der Waals surface area contributed by atoms with Crippen molar-refractivity contribution in [3.05, 3.63) is 28.8 Å². The van der Waals surface area contributed by atoms with Crippen LogP contribution in [0.4, 0.5) is 23.2 Å². The molecule has 0 unspecified atom stereocenters. The number of benzene rings is 1. The first-order chi connectivity index (χ1) is 7.40. The molecule has 1 aromatic carbocycles. The van der Waals surface area contributed by atoms with Gasteiger partial charge in [0.05, 0.1) is 0 Å². The van der Waals surface area contributed by atoms with Crippen molar-refractivity contribution in [1.29, 1.82) is 5.26 Å². The third kappa shape index (κ3) is 1.94. The summed E-state index contributed by atoms with van der Waals surface area (Å²) in [5.74, 6) is -6.57. The molecule has 0 fully saturated rings. The highest BCUT2D eigenvalue weighted by atomic mass is 19.2. The number of nitrogens with zero attached hydrogens (tertiary/aromatic N) is 1. The van der Waals surface area contributed by atoms with E-state index in [-0.39, 0.29) is 0 Å². The molecule has 1 N–H and O–H groups in total. The molecule has 0 saturated heterocycles. The average Bonchev–Trinajstić information content (AvgIpc) is 2.22. The molecule has 2 nitrogen and oxygen atoms in total. The lowest BCUT2D eigenvalue weighted by molar-refractivity contribution is 0.453. The van der Waals surface area contributed by atoms with Gasteiger partial charge in [-0.15, -0.1) is 0 Å². The minimum atomic E-state index is -1.69. The molecule has 1 aromatic rings. The van der Waals surface area contributed by atoms with E-state index >= 15 is 0 Å². The Bertz CT molecular complexity index is 434. The maximum atomic E-state index is 13.3. The van der Waals surface area contributed by atoms with Gasteiger partial charge in [-0.2, -0.15) is 5.26 Å². The van der Waals surface area contributed by atoms with Crippen molar-refractivity contribution < 1.29 is 17.6 Å². The van der Waals surface area contributed by atoms with E-state index < -0.39 is 40.6 Å². The SMILES string of the molecule is CC(C)Nc1c(F)c(F)c(C#N)c(F)c1F. The lowest BCUT2D eigenvalue weighted by Crippen LogP contribution is -2.15. The van der Waals surface area contributed by atoms with Crippen LogP contribution < -0.4 is 5.32 Å². The smallest absolute Gasteiger partial charge is 0.186 e. The van der Waals surface area contributed by atoms with Gasteiger partial charge < -0.3 is 5.32 Å². The molecule has 0 atom stereocenters. The van der Waals surface area contributed by atoms with Gasteiger partial charge in [0.1, 0.15) is 17.3 Å². The summed E-state index contributed by atoms with van der Waals surface area (Å²) in [6.07, 6.45) is 0. The maximum absolute atomic E-state index is 13.3. The number of rotatable bonds is 2. The van der Waals surface area contributed by atoms with E-state index in [0.29, 0.717) is 0 Å². The van der Waals surface area contributed by atoms with Crippen LogP contribution in [0.3, 0.4) is 0 Å². The Morgan fingerprint density at radius 2 is 1.44 bits per heavy atom. The fraction of sp³-hybridized carbons (Fsp3) is 0.300. The first-order valence-electron chi connectivity index (χ1n) is 4.42. The average molecular weight is 232 g/mol. The summed E-state index contributed by atoms with van der Waals surface area (Å²) in [7, 11) is 0. The molecule has 0 radical (unpaired) electrons. The van der Waals surface area contributed by atoms with Crippen LogP contribution in [0, 0.1) is 34.6 Å². The Kier molecular flexibility index (Phi) is 3.38. The summed E-state index contributed by atoms with van der Waals surface area (Å²) in [5.41, 5.74) is -2.16. The van der Waals surface area contributed by atoms with Gasteiger partial charge >= 0.3 is 0 Å². The number of nitriles is 1. The second kappa shape index (κ2) is 4.39. The minimum absolute atomic E-state index is 0.407. The van der Waals surface area contributed by atoms with E-state index in [1.165, 1.54) is 0 Å². The highest BCUT2D eigenvalue weighted by Gasteiger charge is 2.25. The van der Waals surface area contributed by atoms with E-state index in [1.54, 1.807) is 13.8 Å². The molecule has 0 bridgehead atoms. The quantitative estimate of drug-likeness (QED) is 0.628. The van der Waals surface area contributed by atoms with Gasteiger partial charge in [-0.05, 0) is 13.8 Å². The summed E-state index contributed by atoms with van der Waals surface area (Å²) in [6.45, 7) is 3.10. The predicted molar refractivity (Wildman–Crippen MR) is 49.7 cm³/mol. The van der Waals surface area contributed by atoms with Crippen molar-refractivity contribution in [2.24, 2.45) is 0 Å². The zero-order chi connectivity index (χ0) is 12.5. The van der Waals surface area contributed by atoms with Gasteiger partial charge in [0.25, 0.3) is 0 Å². The van der Waals surface area contributed by atoms with Crippen molar-refractivity contribution in [3.63, 3.8) is 0 Å². The fourth-order valence-corrected chi connectivity index (χ4v) is 1.15. The van der Waals surface area contributed by atoms with Gasteiger partial charge in [0.15, 0.2) is 23.3 Å². The van der Waals surface area contributed by atoms with Crippen LogP contribution in [-0.2, 0) is 0 Å². The summed E-state index contributed by atoms with van der Waals surface area (Å²) in [5, 5.41) is 10.6. The molecular formula is C10H8F4N2. The van der Waals surface area contributed by atoms with Crippen LogP contribution in [0.2, 0.25) is 0 Å². The number of anilines is 1. The van der Waals surface area contributed by atoms with Crippen molar-refractivity contribution in [2.75, 3.05) is 5.32 Å². The lowest BCUT2D eigenvalue weighted by Gasteiger charge is -2.13. The fourth-order valence-electron chi connectivity index (χ4n) is 1.15. The third-order valence-corrected chi connectivity index (χ3v) is 1.81. The zero-order valence-corrected chi connectivity index (χ0v) is 8.54. The van der Waals surface area contributed by atoms with Gasteiger partial charge in [-0.25, -0.2) is 17.6 Å². The Hall–Kier alpha value is -1.77. The Morgan fingerprint density at radius 3 is 1.75 bits per heavy atom. The van der Waals surface area contributed by atoms with E-state index in [4.69, 9.17) is 5.26 Å². The molecule has 0 saturated carbocycles. The van der Waals surface area contributed by atoms with Crippen molar-refractivity contribution in [1.82, 2.24) is 0 Å². The Balaban J connectivity index is 3.49. The van der Waals surface area contributed by atoms with Crippen LogP contribution in [-0.4, -0.2) is 6.04 Å². The van der Waals surface area contributed by atoms with Crippen LogP contribution >= 0.6 is 0 Å².